The molecule has 1 unspecified atom stereocenters. The third kappa shape index (κ3) is 5.30. The van der Waals surface area contributed by atoms with Crippen molar-refractivity contribution in [2.24, 2.45) is 0 Å². The summed E-state index contributed by atoms with van der Waals surface area (Å²) in [5.41, 5.74) is 0.647. The molecule has 0 aliphatic carbocycles. The second-order valence-corrected chi connectivity index (χ2v) is 7.23. The zero-order valence-electron chi connectivity index (χ0n) is 14.8. The lowest BCUT2D eigenvalue weighted by atomic mass is 10.1. The van der Waals surface area contributed by atoms with Crippen LogP contribution in [-0.2, 0) is 4.79 Å². The van der Waals surface area contributed by atoms with Crippen LogP contribution in [-0.4, -0.2) is 59.2 Å². The molecule has 0 saturated carbocycles. The number of hydrogen-bond acceptors (Lipinski definition) is 4. The van der Waals surface area contributed by atoms with Crippen molar-refractivity contribution < 1.29 is 19.4 Å². The molecule has 1 aliphatic rings. The summed E-state index contributed by atoms with van der Waals surface area (Å²) in [5, 5.41) is 9.23. The van der Waals surface area contributed by atoms with Gasteiger partial charge in [0.25, 0.3) is 5.91 Å². The molecule has 1 atom stereocenters. The maximum absolute atomic E-state index is 12.6. The zero-order valence-corrected chi connectivity index (χ0v) is 16.3. The van der Waals surface area contributed by atoms with Crippen molar-refractivity contribution in [3.05, 3.63) is 64.6 Å². The minimum Gasteiger partial charge on any atom is -0.481 e. The van der Waals surface area contributed by atoms with E-state index in [0.717, 1.165) is 4.47 Å². The molecule has 6 nitrogen and oxygen atoms in total. The van der Waals surface area contributed by atoms with Gasteiger partial charge in [0.2, 0.25) is 0 Å². The van der Waals surface area contributed by atoms with Gasteiger partial charge in [-0.3, -0.25) is 14.5 Å². The van der Waals surface area contributed by atoms with Crippen LogP contribution in [0.2, 0.25) is 0 Å². The summed E-state index contributed by atoms with van der Waals surface area (Å²) in [4.78, 5) is 27.6. The molecule has 0 aromatic heterocycles. The molecule has 1 amide bonds. The Hall–Kier alpha value is -2.38. The summed E-state index contributed by atoms with van der Waals surface area (Å²) in [6.07, 6.45) is -0.676. The number of amides is 1. The molecule has 2 aromatic carbocycles. The summed E-state index contributed by atoms with van der Waals surface area (Å²) in [7, 11) is 0. The molecule has 1 aliphatic heterocycles. The maximum Gasteiger partial charge on any atom is 0.308 e. The van der Waals surface area contributed by atoms with E-state index in [-0.39, 0.29) is 12.3 Å². The smallest absolute Gasteiger partial charge is 0.308 e. The maximum atomic E-state index is 12.6. The van der Waals surface area contributed by atoms with Crippen LogP contribution in [0, 0.1) is 0 Å². The fourth-order valence-electron chi connectivity index (χ4n) is 3.04. The van der Waals surface area contributed by atoms with Crippen LogP contribution in [0.25, 0.3) is 0 Å². The minimum atomic E-state index is -0.913. The normalized spacial score (nSPS) is 16.0. The lowest BCUT2D eigenvalue weighted by molar-refractivity contribution is -0.142. The monoisotopic (exact) mass is 432 g/mol. The van der Waals surface area contributed by atoms with E-state index in [2.05, 4.69) is 15.9 Å². The summed E-state index contributed by atoms with van der Waals surface area (Å²) in [6.45, 7) is 2.19. The fraction of sp³-hybridized carbons (Fsp3) is 0.300. The third-order valence-electron chi connectivity index (χ3n) is 4.46. The predicted molar refractivity (Wildman–Crippen MR) is 105 cm³/mol. The van der Waals surface area contributed by atoms with Crippen LogP contribution in [0.15, 0.2) is 59.1 Å². The van der Waals surface area contributed by atoms with Crippen LogP contribution < -0.4 is 4.74 Å². The van der Waals surface area contributed by atoms with Crippen molar-refractivity contribution in [1.29, 1.82) is 0 Å². The molecule has 0 bridgehead atoms. The predicted octanol–water partition coefficient (Wildman–Crippen LogP) is 3.09. The summed E-state index contributed by atoms with van der Waals surface area (Å²) in [5.74, 6) is -0.290. The SMILES string of the molecule is O=C(O)CC(Oc1ccccc1)N1CCN(C(=O)c2ccc(Br)cc2)CC1. The van der Waals surface area contributed by atoms with Gasteiger partial charge in [0.15, 0.2) is 6.23 Å². The quantitative estimate of drug-likeness (QED) is 0.759. The second-order valence-electron chi connectivity index (χ2n) is 6.32. The number of nitrogens with zero attached hydrogens (tertiary/aromatic N) is 2. The first-order valence-electron chi connectivity index (χ1n) is 8.75. The van der Waals surface area contributed by atoms with Gasteiger partial charge in [-0.1, -0.05) is 34.1 Å². The van der Waals surface area contributed by atoms with Crippen molar-refractivity contribution in [2.45, 2.75) is 12.6 Å². The Balaban J connectivity index is 1.62. The zero-order chi connectivity index (χ0) is 19.2. The van der Waals surface area contributed by atoms with Crippen LogP contribution in [0.4, 0.5) is 0 Å². The molecular formula is C20H21BrN2O4. The number of rotatable bonds is 6. The third-order valence-corrected chi connectivity index (χ3v) is 4.99. The summed E-state index contributed by atoms with van der Waals surface area (Å²) < 4.78 is 6.82. The van der Waals surface area contributed by atoms with Gasteiger partial charge in [0, 0.05) is 36.2 Å². The molecule has 1 fully saturated rings. The van der Waals surface area contributed by atoms with E-state index in [1.165, 1.54) is 0 Å². The van der Waals surface area contributed by atoms with E-state index < -0.39 is 12.2 Å². The first-order chi connectivity index (χ1) is 13.0. The van der Waals surface area contributed by atoms with Crippen molar-refractivity contribution in [3.63, 3.8) is 0 Å². The molecule has 1 N–H and O–H groups in total. The number of benzene rings is 2. The fourth-order valence-corrected chi connectivity index (χ4v) is 3.30. The van der Waals surface area contributed by atoms with Crippen molar-refractivity contribution in [1.82, 2.24) is 9.80 Å². The van der Waals surface area contributed by atoms with Gasteiger partial charge in [-0.15, -0.1) is 0 Å². The number of piperazine rings is 1. The Morgan fingerprint density at radius 1 is 1.00 bits per heavy atom. The van der Waals surface area contributed by atoms with E-state index in [1.54, 1.807) is 17.0 Å². The topological polar surface area (TPSA) is 70.1 Å². The number of carboxylic acid groups (broad SMARTS) is 1. The minimum absolute atomic E-state index is 0.0130. The number of hydrogen-bond donors (Lipinski definition) is 1. The van der Waals surface area contributed by atoms with E-state index in [0.29, 0.717) is 37.5 Å². The number of ether oxygens (including phenoxy) is 1. The van der Waals surface area contributed by atoms with Gasteiger partial charge in [-0.2, -0.15) is 0 Å². The average Bonchev–Trinajstić information content (AvgIpc) is 2.68. The van der Waals surface area contributed by atoms with Crippen molar-refractivity contribution in [2.75, 3.05) is 26.2 Å². The highest BCUT2D eigenvalue weighted by Gasteiger charge is 2.29. The van der Waals surface area contributed by atoms with Crippen LogP contribution >= 0.6 is 15.9 Å². The van der Waals surface area contributed by atoms with Gasteiger partial charge in [0.05, 0.1) is 6.42 Å². The standard InChI is InChI=1S/C20H21BrN2O4/c21-16-8-6-15(7-9-16)20(26)23-12-10-22(11-13-23)18(14-19(24)25)27-17-4-2-1-3-5-17/h1-9,18H,10-14H2,(H,24,25). The number of carboxylic acids is 1. The highest BCUT2D eigenvalue weighted by Crippen LogP contribution is 2.18. The van der Waals surface area contributed by atoms with Crippen molar-refractivity contribution in [3.8, 4) is 5.75 Å². The first-order valence-corrected chi connectivity index (χ1v) is 9.54. The van der Waals surface area contributed by atoms with Crippen molar-refractivity contribution >= 4 is 27.8 Å². The molecule has 0 spiro atoms. The van der Waals surface area contributed by atoms with Crippen LogP contribution in [0.1, 0.15) is 16.8 Å². The molecule has 142 valence electrons. The Kier molecular flexibility index (Phi) is 6.47. The highest BCUT2D eigenvalue weighted by molar-refractivity contribution is 9.10. The van der Waals surface area contributed by atoms with Crippen LogP contribution in [0.5, 0.6) is 5.75 Å². The number of para-hydroxylation sites is 1. The van der Waals surface area contributed by atoms with Gasteiger partial charge in [0.1, 0.15) is 5.75 Å². The molecule has 1 heterocycles. The van der Waals surface area contributed by atoms with Gasteiger partial charge in [-0.25, -0.2) is 0 Å². The first kappa shape index (κ1) is 19.4. The largest absolute Gasteiger partial charge is 0.481 e. The number of carbonyl (C=O) groups excluding carboxylic acids is 1. The lowest BCUT2D eigenvalue weighted by Crippen LogP contribution is -2.53. The molecule has 27 heavy (non-hydrogen) atoms. The lowest BCUT2D eigenvalue weighted by Gasteiger charge is -2.38. The van der Waals surface area contributed by atoms with Gasteiger partial charge < -0.3 is 14.7 Å². The molecule has 2 aromatic rings. The highest BCUT2D eigenvalue weighted by atomic mass is 79.9. The van der Waals surface area contributed by atoms with E-state index in [4.69, 9.17) is 4.74 Å². The Morgan fingerprint density at radius 2 is 1.63 bits per heavy atom. The molecule has 3 rings (SSSR count). The molecular weight excluding hydrogens is 412 g/mol. The van der Waals surface area contributed by atoms with Crippen LogP contribution in [0.3, 0.4) is 0 Å². The number of carbonyl (C=O) groups is 2. The number of halogens is 1. The summed E-state index contributed by atoms with van der Waals surface area (Å²) >= 11 is 3.37. The number of aliphatic carboxylic acids is 1. The Bertz CT molecular complexity index is 774. The van der Waals surface area contributed by atoms with E-state index >= 15 is 0 Å². The average molecular weight is 433 g/mol. The van der Waals surface area contributed by atoms with Gasteiger partial charge >= 0.3 is 5.97 Å². The van der Waals surface area contributed by atoms with Gasteiger partial charge in [-0.05, 0) is 36.4 Å². The van der Waals surface area contributed by atoms with E-state index in [1.807, 2.05) is 47.4 Å². The second kappa shape index (κ2) is 9.01. The van der Waals surface area contributed by atoms with E-state index in [9.17, 15) is 14.7 Å². The Labute approximate surface area is 166 Å². The Morgan fingerprint density at radius 3 is 2.22 bits per heavy atom. The molecule has 0 radical (unpaired) electrons. The molecule has 1 saturated heterocycles. The summed E-state index contributed by atoms with van der Waals surface area (Å²) in [6, 6.07) is 16.5. The molecule has 7 heteroatoms.